The Hall–Kier alpha value is -2.68. The number of aryl methyl sites for hydroxylation is 2. The highest BCUT2D eigenvalue weighted by molar-refractivity contribution is 6.43. The van der Waals surface area contributed by atoms with Crippen LogP contribution in [0, 0.1) is 24.1 Å². The van der Waals surface area contributed by atoms with Gasteiger partial charge in [-0.15, -0.1) is 0 Å². The number of pyridine rings is 1. The number of rotatable bonds is 4. The molecule has 0 amide bonds. The Bertz CT molecular complexity index is 1120. The number of aromatic carboxylic acids is 1. The number of nitrogens with zero attached hydrogens (tertiary/aromatic N) is 2. The molecule has 0 bridgehead atoms. The molecule has 136 valence electrons. The van der Waals surface area contributed by atoms with Crippen molar-refractivity contribution in [3.8, 4) is 17.2 Å². The number of benzene rings is 2. The van der Waals surface area contributed by atoms with E-state index in [1.165, 1.54) is 13.0 Å². The molecule has 0 atom stereocenters. The molecule has 2 aromatic carbocycles. The number of fused-ring (bicyclic) bond motifs is 1. The Morgan fingerprint density at radius 2 is 2.07 bits per heavy atom. The van der Waals surface area contributed by atoms with E-state index in [9.17, 15) is 9.90 Å². The Morgan fingerprint density at radius 1 is 1.33 bits per heavy atom. The standard InChI is InChI=1S/C20H13Cl2FN2O2/c1-10-14(20(26)27)9-12-8-11(4-3-7-24)16(18(23)19(12)25-10)13-5-2-6-15(21)17(13)22/h2,5-6,8-9H,3-4H2,1H3,(H,26,27). The van der Waals surface area contributed by atoms with Crippen LogP contribution in [0.25, 0.3) is 22.0 Å². The number of hydrogen-bond acceptors (Lipinski definition) is 3. The number of carboxylic acids is 1. The van der Waals surface area contributed by atoms with Crippen LogP contribution in [0.2, 0.25) is 10.0 Å². The smallest absolute Gasteiger partial charge is 0.337 e. The molecule has 3 aromatic rings. The molecule has 0 aliphatic rings. The number of carboxylic acid groups (broad SMARTS) is 1. The second-order valence-electron chi connectivity index (χ2n) is 5.98. The summed E-state index contributed by atoms with van der Waals surface area (Å²) in [4.78, 5) is 15.5. The van der Waals surface area contributed by atoms with Gasteiger partial charge in [-0.25, -0.2) is 14.2 Å². The van der Waals surface area contributed by atoms with Gasteiger partial charge in [-0.2, -0.15) is 5.26 Å². The van der Waals surface area contributed by atoms with E-state index in [4.69, 9.17) is 28.5 Å². The third-order valence-corrected chi connectivity index (χ3v) is 5.10. The Kier molecular flexibility index (Phi) is 5.31. The molecule has 0 saturated heterocycles. The molecule has 3 rings (SSSR count). The van der Waals surface area contributed by atoms with Crippen LogP contribution in [0.15, 0.2) is 30.3 Å². The predicted octanol–water partition coefficient (Wildman–Crippen LogP) is 5.81. The van der Waals surface area contributed by atoms with Crippen LogP contribution in [-0.4, -0.2) is 16.1 Å². The van der Waals surface area contributed by atoms with E-state index < -0.39 is 11.8 Å². The van der Waals surface area contributed by atoms with E-state index in [0.29, 0.717) is 16.5 Å². The number of aromatic nitrogens is 1. The molecular formula is C20H13Cl2FN2O2. The summed E-state index contributed by atoms with van der Waals surface area (Å²) in [6.07, 6.45) is 0.443. The maximum Gasteiger partial charge on any atom is 0.337 e. The van der Waals surface area contributed by atoms with Gasteiger partial charge in [-0.05, 0) is 37.1 Å². The Morgan fingerprint density at radius 3 is 2.74 bits per heavy atom. The lowest BCUT2D eigenvalue weighted by Gasteiger charge is -2.15. The topological polar surface area (TPSA) is 74.0 Å². The first-order valence-electron chi connectivity index (χ1n) is 8.02. The first kappa shape index (κ1) is 19.1. The SMILES string of the molecule is Cc1nc2c(F)c(-c3cccc(Cl)c3Cl)c(CCC#N)cc2cc1C(=O)O. The summed E-state index contributed by atoms with van der Waals surface area (Å²) in [5.74, 6) is -1.76. The summed E-state index contributed by atoms with van der Waals surface area (Å²) in [7, 11) is 0. The molecule has 1 N–H and O–H groups in total. The fraction of sp³-hybridized carbons (Fsp3) is 0.150. The second-order valence-corrected chi connectivity index (χ2v) is 6.77. The minimum absolute atomic E-state index is 0.00155. The van der Waals surface area contributed by atoms with Crippen molar-refractivity contribution in [3.05, 3.63) is 63.0 Å². The van der Waals surface area contributed by atoms with Gasteiger partial charge in [0, 0.05) is 22.9 Å². The molecule has 7 heteroatoms. The monoisotopic (exact) mass is 402 g/mol. The van der Waals surface area contributed by atoms with E-state index in [0.717, 1.165) is 0 Å². The third kappa shape index (κ3) is 3.46. The van der Waals surface area contributed by atoms with Crippen LogP contribution in [0.5, 0.6) is 0 Å². The molecule has 0 fully saturated rings. The third-order valence-electron chi connectivity index (χ3n) is 4.28. The summed E-state index contributed by atoms with van der Waals surface area (Å²) in [6, 6.07) is 9.99. The molecule has 1 heterocycles. The van der Waals surface area contributed by atoms with Gasteiger partial charge in [-0.1, -0.05) is 35.3 Å². The molecule has 0 aliphatic heterocycles. The molecule has 0 saturated carbocycles. The maximum atomic E-state index is 15.5. The van der Waals surface area contributed by atoms with E-state index in [1.807, 2.05) is 6.07 Å². The molecule has 0 aliphatic carbocycles. The van der Waals surface area contributed by atoms with Gasteiger partial charge in [0.25, 0.3) is 0 Å². The zero-order chi connectivity index (χ0) is 19.7. The molecule has 4 nitrogen and oxygen atoms in total. The highest BCUT2D eigenvalue weighted by Crippen LogP contribution is 2.39. The first-order chi connectivity index (χ1) is 12.8. The van der Waals surface area contributed by atoms with E-state index in [1.54, 1.807) is 24.3 Å². The average molecular weight is 403 g/mol. The van der Waals surface area contributed by atoms with Crippen molar-refractivity contribution < 1.29 is 14.3 Å². The summed E-state index contributed by atoms with van der Waals surface area (Å²) < 4.78 is 15.5. The number of hydrogen-bond donors (Lipinski definition) is 1. The fourth-order valence-corrected chi connectivity index (χ4v) is 3.41. The Labute approximate surface area is 164 Å². The lowest BCUT2D eigenvalue weighted by atomic mass is 9.93. The van der Waals surface area contributed by atoms with Crippen LogP contribution >= 0.6 is 23.2 Å². The lowest BCUT2D eigenvalue weighted by molar-refractivity contribution is 0.0696. The largest absolute Gasteiger partial charge is 0.478 e. The van der Waals surface area contributed by atoms with E-state index in [2.05, 4.69) is 4.98 Å². The molecule has 0 spiro atoms. The van der Waals surface area contributed by atoms with Gasteiger partial charge < -0.3 is 5.11 Å². The van der Waals surface area contributed by atoms with Gasteiger partial charge in [0.05, 0.1) is 27.4 Å². The Balaban J connectivity index is 2.39. The van der Waals surface area contributed by atoms with Crippen molar-refractivity contribution >= 4 is 40.1 Å². The van der Waals surface area contributed by atoms with Crippen molar-refractivity contribution in [3.63, 3.8) is 0 Å². The summed E-state index contributed by atoms with van der Waals surface area (Å²) in [5, 5.41) is 19.1. The van der Waals surface area contributed by atoms with Crippen LogP contribution in [0.1, 0.15) is 28.0 Å². The quantitative estimate of drug-likeness (QED) is 0.597. The first-order valence-corrected chi connectivity index (χ1v) is 8.78. The van der Waals surface area contributed by atoms with Crippen LogP contribution in [-0.2, 0) is 6.42 Å². The number of carbonyl (C=O) groups is 1. The molecule has 0 unspecified atom stereocenters. The van der Waals surface area contributed by atoms with Crippen molar-refractivity contribution in [1.82, 2.24) is 4.98 Å². The van der Waals surface area contributed by atoms with Gasteiger partial charge in [0.1, 0.15) is 5.52 Å². The second kappa shape index (κ2) is 7.51. The van der Waals surface area contributed by atoms with Gasteiger partial charge in [0.15, 0.2) is 5.82 Å². The normalized spacial score (nSPS) is 10.8. The van der Waals surface area contributed by atoms with Crippen LogP contribution in [0.3, 0.4) is 0 Å². The van der Waals surface area contributed by atoms with Gasteiger partial charge >= 0.3 is 5.97 Å². The minimum Gasteiger partial charge on any atom is -0.478 e. The fourth-order valence-electron chi connectivity index (χ4n) is 3.02. The zero-order valence-electron chi connectivity index (χ0n) is 14.2. The zero-order valence-corrected chi connectivity index (χ0v) is 15.7. The van der Waals surface area contributed by atoms with Gasteiger partial charge in [0.2, 0.25) is 0 Å². The summed E-state index contributed by atoms with van der Waals surface area (Å²) >= 11 is 12.4. The van der Waals surface area contributed by atoms with Crippen LogP contribution < -0.4 is 0 Å². The van der Waals surface area contributed by atoms with Crippen LogP contribution in [0.4, 0.5) is 4.39 Å². The summed E-state index contributed by atoms with van der Waals surface area (Å²) in [6.45, 7) is 1.51. The van der Waals surface area contributed by atoms with Crippen molar-refractivity contribution in [2.75, 3.05) is 0 Å². The molecule has 0 radical (unpaired) electrons. The highest BCUT2D eigenvalue weighted by Gasteiger charge is 2.21. The highest BCUT2D eigenvalue weighted by atomic mass is 35.5. The maximum absolute atomic E-state index is 15.5. The average Bonchev–Trinajstić information content (AvgIpc) is 2.63. The van der Waals surface area contributed by atoms with Crippen molar-refractivity contribution in [2.24, 2.45) is 0 Å². The van der Waals surface area contributed by atoms with Crippen molar-refractivity contribution in [2.45, 2.75) is 19.8 Å². The van der Waals surface area contributed by atoms with E-state index >= 15 is 4.39 Å². The molecule has 1 aromatic heterocycles. The predicted molar refractivity (Wildman–Crippen MR) is 103 cm³/mol. The lowest BCUT2D eigenvalue weighted by Crippen LogP contribution is -2.04. The number of nitriles is 1. The van der Waals surface area contributed by atoms with Crippen molar-refractivity contribution in [1.29, 1.82) is 5.26 Å². The molecule has 27 heavy (non-hydrogen) atoms. The number of halogens is 3. The minimum atomic E-state index is -1.14. The van der Waals surface area contributed by atoms with E-state index in [-0.39, 0.29) is 45.2 Å². The summed E-state index contributed by atoms with van der Waals surface area (Å²) in [5.41, 5.74) is 1.42. The van der Waals surface area contributed by atoms with Gasteiger partial charge in [-0.3, -0.25) is 0 Å². The molecular weight excluding hydrogens is 390 g/mol.